The molecule has 1 aliphatic rings. The molecule has 0 radical (unpaired) electrons. The molecule has 0 bridgehead atoms. The summed E-state index contributed by atoms with van der Waals surface area (Å²) in [7, 11) is 0. The first-order chi connectivity index (χ1) is 14.1. The van der Waals surface area contributed by atoms with Crippen LogP contribution in [0.15, 0.2) is 40.3 Å². The third-order valence-electron chi connectivity index (χ3n) is 4.49. The lowest BCUT2D eigenvalue weighted by Crippen LogP contribution is -2.44. The van der Waals surface area contributed by atoms with Gasteiger partial charge in [-0.2, -0.15) is 0 Å². The highest BCUT2D eigenvalue weighted by Gasteiger charge is 2.20. The summed E-state index contributed by atoms with van der Waals surface area (Å²) in [6.45, 7) is 0. The zero-order chi connectivity index (χ0) is 20.2. The van der Waals surface area contributed by atoms with Crippen LogP contribution in [0.1, 0.15) is 23.3 Å². The quantitative estimate of drug-likeness (QED) is 0.212. The molecular formula is C19H19N5O2S3. The van der Waals surface area contributed by atoms with Crippen molar-refractivity contribution in [3.63, 3.8) is 0 Å². The molecule has 4 N–H and O–H groups in total. The van der Waals surface area contributed by atoms with E-state index in [1.165, 1.54) is 16.6 Å². The van der Waals surface area contributed by atoms with Crippen LogP contribution >= 0.6 is 35.3 Å². The Morgan fingerprint density at radius 2 is 2.00 bits per heavy atom. The Balaban J connectivity index is 1.33. The Bertz CT molecular complexity index is 1110. The van der Waals surface area contributed by atoms with Crippen molar-refractivity contribution in [1.82, 2.24) is 20.8 Å². The third kappa shape index (κ3) is 4.77. The van der Waals surface area contributed by atoms with Crippen LogP contribution in [-0.4, -0.2) is 26.7 Å². The van der Waals surface area contributed by atoms with Gasteiger partial charge in [-0.25, -0.2) is 4.98 Å². The SMILES string of the molecule is O=C(CSc1nc2sc3c(c2c(=O)[nH]1)CCCC3)NNC(=S)Nc1ccccc1. The highest BCUT2D eigenvalue weighted by Crippen LogP contribution is 2.34. The van der Waals surface area contributed by atoms with E-state index in [9.17, 15) is 9.59 Å². The number of aromatic amines is 1. The summed E-state index contributed by atoms with van der Waals surface area (Å²) < 4.78 is 0. The number of para-hydroxylation sites is 1. The molecule has 4 rings (SSSR count). The Kier molecular flexibility index (Phi) is 6.12. The summed E-state index contributed by atoms with van der Waals surface area (Å²) >= 11 is 7.92. The van der Waals surface area contributed by atoms with Crippen LogP contribution in [0.25, 0.3) is 10.2 Å². The number of carbonyl (C=O) groups excluding carboxylic acids is 1. The number of benzene rings is 1. The van der Waals surface area contributed by atoms with Crippen molar-refractivity contribution in [3.8, 4) is 0 Å². The Hall–Kier alpha value is -2.43. The highest BCUT2D eigenvalue weighted by molar-refractivity contribution is 7.99. The number of rotatable bonds is 4. The monoisotopic (exact) mass is 445 g/mol. The van der Waals surface area contributed by atoms with E-state index in [4.69, 9.17) is 12.2 Å². The van der Waals surface area contributed by atoms with Crippen molar-refractivity contribution in [3.05, 3.63) is 51.1 Å². The van der Waals surface area contributed by atoms with Gasteiger partial charge in [-0.3, -0.25) is 20.4 Å². The second-order valence-electron chi connectivity index (χ2n) is 6.54. The molecule has 3 aromatic rings. The number of aryl methyl sites for hydroxylation is 2. The lowest BCUT2D eigenvalue weighted by Gasteiger charge is -2.11. The molecule has 150 valence electrons. The van der Waals surface area contributed by atoms with Crippen molar-refractivity contribution < 1.29 is 4.79 Å². The molecule has 0 saturated heterocycles. The number of carbonyl (C=O) groups is 1. The van der Waals surface area contributed by atoms with Crippen molar-refractivity contribution in [1.29, 1.82) is 0 Å². The first-order valence-corrected chi connectivity index (χ1v) is 11.4. The molecule has 1 amide bonds. The van der Waals surface area contributed by atoms with E-state index in [-0.39, 0.29) is 22.3 Å². The smallest absolute Gasteiger partial charge is 0.260 e. The van der Waals surface area contributed by atoms with Crippen molar-refractivity contribution >= 4 is 62.2 Å². The van der Waals surface area contributed by atoms with Gasteiger partial charge >= 0.3 is 0 Å². The fraction of sp³-hybridized carbons (Fsp3) is 0.263. The van der Waals surface area contributed by atoms with Gasteiger partial charge in [0.25, 0.3) is 5.56 Å². The minimum atomic E-state index is -0.277. The molecule has 0 saturated carbocycles. The van der Waals surface area contributed by atoms with E-state index < -0.39 is 0 Å². The molecule has 29 heavy (non-hydrogen) atoms. The molecule has 0 unspecified atom stereocenters. The molecule has 1 aliphatic carbocycles. The molecule has 10 heteroatoms. The van der Waals surface area contributed by atoms with Gasteiger partial charge in [-0.15, -0.1) is 11.3 Å². The number of nitrogens with zero attached hydrogens (tertiary/aromatic N) is 1. The van der Waals surface area contributed by atoms with Crippen LogP contribution in [0.3, 0.4) is 0 Å². The van der Waals surface area contributed by atoms with Gasteiger partial charge in [0.2, 0.25) is 5.91 Å². The summed E-state index contributed by atoms with van der Waals surface area (Å²) in [5.41, 5.74) is 7.05. The number of hydrogen-bond donors (Lipinski definition) is 4. The number of thiocarbonyl (C=S) groups is 1. The summed E-state index contributed by atoms with van der Waals surface area (Å²) in [6, 6.07) is 9.41. The van der Waals surface area contributed by atoms with Gasteiger partial charge in [0.15, 0.2) is 10.3 Å². The van der Waals surface area contributed by atoms with Crippen LogP contribution in [0.2, 0.25) is 0 Å². The molecule has 0 atom stereocenters. The number of thioether (sulfide) groups is 1. The standard InChI is InChI=1S/C19H19N5O2S3/c25-14(23-24-18(27)20-11-6-2-1-3-7-11)10-28-19-21-16(26)15-12-8-4-5-9-13(12)29-17(15)22-19/h1-3,6-7H,4-5,8-10H2,(H,23,25)(H2,20,24,27)(H,21,22,26). The summed E-state index contributed by atoms with van der Waals surface area (Å²) in [6.07, 6.45) is 4.23. The van der Waals surface area contributed by atoms with Gasteiger partial charge in [-0.05, 0) is 55.6 Å². The average molecular weight is 446 g/mol. The lowest BCUT2D eigenvalue weighted by atomic mass is 9.97. The predicted molar refractivity (Wildman–Crippen MR) is 122 cm³/mol. The fourth-order valence-corrected chi connectivity index (χ4v) is 5.34. The number of hydrazine groups is 1. The van der Waals surface area contributed by atoms with E-state index in [0.29, 0.717) is 5.16 Å². The Morgan fingerprint density at radius 1 is 1.21 bits per heavy atom. The molecule has 2 aromatic heterocycles. The molecule has 0 spiro atoms. The molecule has 0 fully saturated rings. The Morgan fingerprint density at radius 3 is 2.83 bits per heavy atom. The minimum Gasteiger partial charge on any atom is -0.331 e. The van der Waals surface area contributed by atoms with Crippen LogP contribution in [0.4, 0.5) is 5.69 Å². The van der Waals surface area contributed by atoms with Crippen molar-refractivity contribution in [2.75, 3.05) is 11.1 Å². The molecule has 7 nitrogen and oxygen atoms in total. The van der Waals surface area contributed by atoms with Gasteiger partial charge < -0.3 is 10.3 Å². The second-order valence-corrected chi connectivity index (χ2v) is 9.00. The number of amides is 1. The molecular weight excluding hydrogens is 426 g/mol. The molecule has 1 aromatic carbocycles. The Labute approximate surface area is 180 Å². The van der Waals surface area contributed by atoms with E-state index in [2.05, 4.69) is 26.1 Å². The van der Waals surface area contributed by atoms with E-state index in [1.54, 1.807) is 11.3 Å². The maximum Gasteiger partial charge on any atom is 0.260 e. The second kappa shape index (κ2) is 8.93. The van der Waals surface area contributed by atoms with Crippen molar-refractivity contribution in [2.24, 2.45) is 0 Å². The normalized spacial score (nSPS) is 13.0. The van der Waals surface area contributed by atoms with Gasteiger partial charge in [0.1, 0.15) is 4.83 Å². The number of thiophene rings is 1. The first kappa shape index (κ1) is 19.9. The zero-order valence-corrected chi connectivity index (χ0v) is 17.9. The number of nitrogens with one attached hydrogen (secondary N) is 4. The maximum absolute atomic E-state index is 12.5. The number of anilines is 1. The maximum atomic E-state index is 12.5. The fourth-order valence-electron chi connectivity index (χ4n) is 3.19. The summed E-state index contributed by atoms with van der Waals surface area (Å²) in [4.78, 5) is 34.0. The van der Waals surface area contributed by atoms with Gasteiger partial charge in [0.05, 0.1) is 11.1 Å². The topological polar surface area (TPSA) is 98.9 Å². The number of aromatic nitrogens is 2. The van der Waals surface area contributed by atoms with E-state index in [0.717, 1.165) is 47.2 Å². The van der Waals surface area contributed by atoms with Crippen LogP contribution in [0.5, 0.6) is 0 Å². The molecule has 2 heterocycles. The predicted octanol–water partition coefficient (Wildman–Crippen LogP) is 2.97. The van der Waals surface area contributed by atoms with Gasteiger partial charge in [-0.1, -0.05) is 30.0 Å². The highest BCUT2D eigenvalue weighted by atomic mass is 32.2. The number of fused-ring (bicyclic) bond motifs is 3. The largest absolute Gasteiger partial charge is 0.331 e. The number of H-pyrrole nitrogens is 1. The van der Waals surface area contributed by atoms with E-state index >= 15 is 0 Å². The zero-order valence-electron chi connectivity index (χ0n) is 15.4. The van der Waals surface area contributed by atoms with Crippen LogP contribution < -0.4 is 21.7 Å². The molecule has 0 aliphatic heterocycles. The average Bonchev–Trinajstić information content (AvgIpc) is 3.10. The van der Waals surface area contributed by atoms with Crippen LogP contribution in [0, 0.1) is 0 Å². The first-order valence-electron chi connectivity index (χ1n) is 9.18. The van der Waals surface area contributed by atoms with E-state index in [1.807, 2.05) is 30.3 Å². The van der Waals surface area contributed by atoms with Crippen molar-refractivity contribution in [2.45, 2.75) is 30.8 Å². The lowest BCUT2D eigenvalue weighted by molar-refractivity contribution is -0.119. The number of hydrogen-bond acceptors (Lipinski definition) is 6. The summed E-state index contributed by atoms with van der Waals surface area (Å²) in [5.74, 6) is -0.180. The minimum absolute atomic E-state index is 0.0977. The van der Waals surface area contributed by atoms with Crippen LogP contribution in [-0.2, 0) is 17.6 Å². The van der Waals surface area contributed by atoms with Gasteiger partial charge in [0, 0.05) is 10.6 Å². The summed E-state index contributed by atoms with van der Waals surface area (Å²) in [5, 5.41) is 4.41. The third-order valence-corrected chi connectivity index (χ3v) is 6.75.